The van der Waals surface area contributed by atoms with Crippen molar-refractivity contribution in [3.05, 3.63) is 41.0 Å². The van der Waals surface area contributed by atoms with Crippen LogP contribution in [0.4, 0.5) is 5.69 Å². The summed E-state index contributed by atoms with van der Waals surface area (Å²) in [6, 6.07) is 4.88. The van der Waals surface area contributed by atoms with Crippen LogP contribution in [0.5, 0.6) is 0 Å². The summed E-state index contributed by atoms with van der Waals surface area (Å²) in [5.41, 5.74) is 1.30. The molecule has 1 aromatic rings. The molecule has 0 saturated carbocycles. The first kappa shape index (κ1) is 16.9. The predicted octanol–water partition coefficient (Wildman–Crippen LogP) is 0.894. The number of nitrogens with one attached hydrogen (secondary N) is 2. The molecule has 114 valence electrons. The number of nitriles is 1. The molecule has 0 aliphatic rings. The normalized spacial score (nSPS) is 9.91. The second kappa shape index (κ2) is 7.59. The zero-order valence-electron chi connectivity index (χ0n) is 12.4. The monoisotopic (exact) mass is 301 g/mol. The smallest absolute Gasteiger partial charge is 0.330 e. The van der Waals surface area contributed by atoms with Gasteiger partial charge in [0.15, 0.2) is 0 Å². The number of nitrogens with zero attached hydrogens (tertiary/aromatic N) is 1. The van der Waals surface area contributed by atoms with Crippen molar-refractivity contribution in [1.82, 2.24) is 5.32 Å². The van der Waals surface area contributed by atoms with Crippen LogP contribution in [0.3, 0.4) is 0 Å². The summed E-state index contributed by atoms with van der Waals surface area (Å²) < 4.78 is 4.38. The minimum atomic E-state index is -0.668. The van der Waals surface area contributed by atoms with E-state index in [-0.39, 0.29) is 11.3 Å². The summed E-state index contributed by atoms with van der Waals surface area (Å²) in [7, 11) is 2.64. The van der Waals surface area contributed by atoms with Crippen LogP contribution in [0.25, 0.3) is 0 Å². The van der Waals surface area contributed by atoms with Gasteiger partial charge >= 0.3 is 5.97 Å². The number of amides is 2. The number of methoxy groups -OCH3 is 1. The average Bonchev–Trinajstić information content (AvgIpc) is 2.53. The highest BCUT2D eigenvalue weighted by atomic mass is 16.5. The van der Waals surface area contributed by atoms with Crippen LogP contribution < -0.4 is 10.6 Å². The molecule has 0 saturated heterocycles. The van der Waals surface area contributed by atoms with E-state index in [0.717, 1.165) is 12.2 Å². The molecule has 7 nitrogen and oxygen atoms in total. The Hall–Kier alpha value is -3.14. The molecule has 0 aliphatic heterocycles. The molecule has 7 heteroatoms. The molecule has 0 radical (unpaired) electrons. The number of esters is 1. The van der Waals surface area contributed by atoms with Crippen molar-refractivity contribution in [1.29, 1.82) is 5.26 Å². The number of hydrogen-bond acceptors (Lipinski definition) is 5. The lowest BCUT2D eigenvalue weighted by atomic mass is 10.0. The van der Waals surface area contributed by atoms with E-state index in [1.165, 1.54) is 20.2 Å². The van der Waals surface area contributed by atoms with Crippen LogP contribution in [-0.4, -0.2) is 31.9 Å². The van der Waals surface area contributed by atoms with E-state index in [4.69, 9.17) is 5.26 Å². The maximum absolute atomic E-state index is 11.9. The highest BCUT2D eigenvalue weighted by Crippen LogP contribution is 2.23. The fourth-order valence-corrected chi connectivity index (χ4v) is 1.71. The van der Waals surface area contributed by atoms with Gasteiger partial charge in [0.05, 0.1) is 30.0 Å². The van der Waals surface area contributed by atoms with Crippen LogP contribution in [0, 0.1) is 18.3 Å². The Labute approximate surface area is 127 Å². The molecule has 0 atom stereocenters. The lowest BCUT2D eigenvalue weighted by molar-refractivity contribution is -0.135. The molecule has 22 heavy (non-hydrogen) atoms. The van der Waals surface area contributed by atoms with E-state index in [1.807, 2.05) is 6.07 Å². The predicted molar refractivity (Wildman–Crippen MR) is 79.1 cm³/mol. The fourth-order valence-electron chi connectivity index (χ4n) is 1.71. The van der Waals surface area contributed by atoms with Gasteiger partial charge in [0.1, 0.15) is 0 Å². The Morgan fingerprint density at radius 1 is 1.27 bits per heavy atom. The first-order valence-corrected chi connectivity index (χ1v) is 6.26. The molecular formula is C15H15N3O4. The summed E-state index contributed by atoms with van der Waals surface area (Å²) in [6.45, 7) is 1.66. The number of ether oxygens (including phenoxy) is 1. The number of anilines is 1. The summed E-state index contributed by atoms with van der Waals surface area (Å²) in [6.07, 6.45) is 1.96. The summed E-state index contributed by atoms with van der Waals surface area (Å²) >= 11 is 0. The van der Waals surface area contributed by atoms with Crippen molar-refractivity contribution in [2.24, 2.45) is 0 Å². The van der Waals surface area contributed by atoms with Gasteiger partial charge in [0, 0.05) is 19.2 Å². The van der Waals surface area contributed by atoms with Gasteiger partial charge in [-0.2, -0.15) is 5.26 Å². The van der Waals surface area contributed by atoms with Gasteiger partial charge in [0.2, 0.25) is 5.91 Å². The van der Waals surface area contributed by atoms with E-state index in [0.29, 0.717) is 11.1 Å². The summed E-state index contributed by atoms with van der Waals surface area (Å²) in [4.78, 5) is 34.6. The lowest BCUT2D eigenvalue weighted by Gasteiger charge is -2.12. The van der Waals surface area contributed by atoms with Gasteiger partial charge in [0.25, 0.3) is 5.91 Å². The molecule has 0 aliphatic carbocycles. The van der Waals surface area contributed by atoms with Gasteiger partial charge in [-0.1, -0.05) is 0 Å². The third-order valence-corrected chi connectivity index (χ3v) is 2.76. The van der Waals surface area contributed by atoms with Gasteiger partial charge in [-0.05, 0) is 24.6 Å². The first-order chi connectivity index (χ1) is 10.4. The van der Waals surface area contributed by atoms with Crippen molar-refractivity contribution in [2.45, 2.75) is 6.92 Å². The Bertz CT molecular complexity index is 687. The number of hydrogen-bond donors (Lipinski definition) is 2. The zero-order chi connectivity index (χ0) is 16.7. The number of carbonyl (C=O) groups is 3. The standard InChI is InChI=1S/C15H15N3O4/c1-9-6-10(8-16)7-11(15(21)17-2)14(9)18-12(19)4-5-13(20)22-3/h4-7H,1-3H3,(H,17,21)(H,18,19)/b5-4-. The highest BCUT2D eigenvalue weighted by molar-refractivity contribution is 6.08. The SMILES string of the molecule is CNC(=O)c1cc(C#N)cc(C)c1NC(=O)/C=C\C(=O)OC. The molecule has 0 bridgehead atoms. The molecule has 1 aromatic carbocycles. The minimum absolute atomic E-state index is 0.166. The molecule has 0 aromatic heterocycles. The van der Waals surface area contributed by atoms with Crippen LogP contribution >= 0.6 is 0 Å². The molecule has 2 N–H and O–H groups in total. The minimum Gasteiger partial charge on any atom is -0.466 e. The summed E-state index contributed by atoms with van der Waals surface area (Å²) in [5, 5.41) is 13.9. The number of benzene rings is 1. The van der Waals surface area contributed by atoms with Gasteiger partial charge in [-0.15, -0.1) is 0 Å². The van der Waals surface area contributed by atoms with Crippen LogP contribution in [0.15, 0.2) is 24.3 Å². The van der Waals surface area contributed by atoms with E-state index < -0.39 is 17.8 Å². The second-order valence-corrected chi connectivity index (χ2v) is 4.25. The van der Waals surface area contributed by atoms with E-state index >= 15 is 0 Å². The summed E-state index contributed by atoms with van der Waals surface area (Å²) in [5.74, 6) is -1.70. The number of carbonyl (C=O) groups excluding carboxylic acids is 3. The lowest BCUT2D eigenvalue weighted by Crippen LogP contribution is -2.22. The van der Waals surface area contributed by atoms with Gasteiger partial charge in [-0.25, -0.2) is 4.79 Å². The Balaban J connectivity index is 3.16. The zero-order valence-corrected chi connectivity index (χ0v) is 12.4. The molecule has 0 spiro atoms. The number of rotatable bonds is 4. The van der Waals surface area contributed by atoms with Crippen LogP contribution in [0.2, 0.25) is 0 Å². The molecular weight excluding hydrogens is 286 g/mol. The van der Waals surface area contributed by atoms with Crippen molar-refractivity contribution in [3.8, 4) is 6.07 Å². The molecule has 0 unspecified atom stereocenters. The van der Waals surface area contributed by atoms with E-state index in [9.17, 15) is 14.4 Å². The van der Waals surface area contributed by atoms with Gasteiger partial charge < -0.3 is 15.4 Å². The molecule has 0 fully saturated rings. The Morgan fingerprint density at radius 3 is 2.50 bits per heavy atom. The maximum Gasteiger partial charge on any atom is 0.330 e. The van der Waals surface area contributed by atoms with Crippen molar-refractivity contribution < 1.29 is 19.1 Å². The third-order valence-electron chi connectivity index (χ3n) is 2.76. The van der Waals surface area contributed by atoms with Gasteiger partial charge in [-0.3, -0.25) is 9.59 Å². The molecule has 2 amide bonds. The van der Waals surface area contributed by atoms with E-state index in [1.54, 1.807) is 13.0 Å². The average molecular weight is 301 g/mol. The Kier molecular flexibility index (Phi) is 5.84. The topological polar surface area (TPSA) is 108 Å². The van der Waals surface area contributed by atoms with Crippen molar-refractivity contribution in [2.75, 3.05) is 19.5 Å². The third kappa shape index (κ3) is 4.18. The fraction of sp³-hybridized carbons (Fsp3) is 0.200. The largest absolute Gasteiger partial charge is 0.466 e. The Morgan fingerprint density at radius 2 is 1.95 bits per heavy atom. The molecule has 1 rings (SSSR count). The van der Waals surface area contributed by atoms with Crippen LogP contribution in [0.1, 0.15) is 21.5 Å². The first-order valence-electron chi connectivity index (χ1n) is 6.26. The van der Waals surface area contributed by atoms with Crippen LogP contribution in [-0.2, 0) is 14.3 Å². The van der Waals surface area contributed by atoms with Crippen molar-refractivity contribution >= 4 is 23.5 Å². The quantitative estimate of drug-likeness (QED) is 0.634. The van der Waals surface area contributed by atoms with Crippen molar-refractivity contribution in [3.63, 3.8) is 0 Å². The second-order valence-electron chi connectivity index (χ2n) is 4.25. The highest BCUT2D eigenvalue weighted by Gasteiger charge is 2.15. The molecule has 0 heterocycles. The van der Waals surface area contributed by atoms with E-state index in [2.05, 4.69) is 15.4 Å². The number of aryl methyl sites for hydroxylation is 1. The maximum atomic E-state index is 11.9.